The van der Waals surface area contributed by atoms with E-state index in [-0.39, 0.29) is 27.8 Å². The van der Waals surface area contributed by atoms with E-state index < -0.39 is 10.8 Å². The molecule has 0 aromatic heterocycles. The van der Waals surface area contributed by atoms with Crippen molar-refractivity contribution in [2.75, 3.05) is 29.9 Å². The number of non-ortho nitro benzene ring substituents is 1. The Morgan fingerprint density at radius 2 is 1.93 bits per heavy atom. The van der Waals surface area contributed by atoms with Gasteiger partial charge in [0.15, 0.2) is 0 Å². The lowest BCUT2D eigenvalue weighted by Gasteiger charge is -2.21. The summed E-state index contributed by atoms with van der Waals surface area (Å²) in [6.07, 6.45) is 0.105. The Bertz CT molecular complexity index is 981. The van der Waals surface area contributed by atoms with Crippen molar-refractivity contribution in [2.24, 2.45) is 10.2 Å². The van der Waals surface area contributed by atoms with Gasteiger partial charge in [-0.05, 0) is 54.0 Å². The van der Waals surface area contributed by atoms with Crippen molar-refractivity contribution in [2.45, 2.75) is 20.3 Å². The van der Waals surface area contributed by atoms with Crippen LogP contribution in [0.5, 0.6) is 0 Å². The van der Waals surface area contributed by atoms with Gasteiger partial charge in [0.2, 0.25) is 0 Å². The minimum absolute atomic E-state index is 0.0426. The first kappa shape index (κ1) is 23.0. The van der Waals surface area contributed by atoms with Crippen molar-refractivity contribution in [1.82, 2.24) is 0 Å². The van der Waals surface area contributed by atoms with Crippen LogP contribution in [-0.4, -0.2) is 30.5 Å². The Balaban J connectivity index is 1.95. The van der Waals surface area contributed by atoms with Gasteiger partial charge in [-0.2, -0.15) is 5.26 Å². The van der Waals surface area contributed by atoms with Crippen LogP contribution in [0.3, 0.4) is 0 Å². The van der Waals surface area contributed by atoms with Crippen LogP contribution in [-0.2, 0) is 4.79 Å². The minimum atomic E-state index is -0.613. The lowest BCUT2D eigenvalue weighted by molar-refractivity contribution is -0.384. The quantitative estimate of drug-likeness (QED) is 0.304. The largest absolute Gasteiger partial charge is 0.385 e. The van der Waals surface area contributed by atoms with Gasteiger partial charge >= 0.3 is 0 Å². The van der Waals surface area contributed by atoms with Crippen molar-refractivity contribution in [3.05, 3.63) is 56.5 Å². The van der Waals surface area contributed by atoms with E-state index in [2.05, 4.69) is 50.2 Å². The highest BCUT2D eigenvalue weighted by Crippen LogP contribution is 2.33. The summed E-state index contributed by atoms with van der Waals surface area (Å²) in [5.74, 6) is -0.476. The van der Waals surface area contributed by atoms with E-state index in [1.807, 2.05) is 30.3 Å². The molecule has 0 radical (unpaired) electrons. The number of nitriles is 1. The van der Waals surface area contributed by atoms with E-state index in [0.717, 1.165) is 30.5 Å². The zero-order chi connectivity index (χ0) is 22.1. The lowest BCUT2D eigenvalue weighted by Crippen LogP contribution is -2.21. The van der Waals surface area contributed by atoms with Crippen molar-refractivity contribution in [1.29, 1.82) is 5.26 Å². The summed E-state index contributed by atoms with van der Waals surface area (Å²) < 4.78 is 0.219. The molecule has 0 unspecified atom stereocenters. The van der Waals surface area contributed by atoms with Gasteiger partial charge in [0.25, 0.3) is 11.6 Å². The molecule has 0 fully saturated rings. The van der Waals surface area contributed by atoms with Crippen LogP contribution in [0.2, 0.25) is 0 Å². The van der Waals surface area contributed by atoms with Crippen LogP contribution in [0, 0.1) is 21.4 Å². The van der Waals surface area contributed by atoms with Gasteiger partial charge in [-0.1, -0.05) is 0 Å². The molecule has 156 valence electrons. The van der Waals surface area contributed by atoms with Gasteiger partial charge in [0.05, 0.1) is 15.0 Å². The second-order valence-electron chi connectivity index (χ2n) is 6.18. The van der Waals surface area contributed by atoms with Gasteiger partial charge in [-0.25, -0.2) is 0 Å². The molecule has 2 aromatic rings. The van der Waals surface area contributed by atoms with E-state index in [1.165, 1.54) is 6.07 Å². The first-order valence-corrected chi connectivity index (χ1v) is 10.1. The molecule has 0 spiro atoms. The number of hydrogen-bond donors (Lipinski definition) is 1. The number of rotatable bonds is 9. The molecule has 9 nitrogen and oxygen atoms in total. The molecule has 2 rings (SSSR count). The number of amides is 1. The summed E-state index contributed by atoms with van der Waals surface area (Å²) in [5.41, 5.74) is 1.81. The Morgan fingerprint density at radius 1 is 1.27 bits per heavy atom. The predicted molar refractivity (Wildman–Crippen MR) is 118 cm³/mol. The number of benzene rings is 2. The summed E-state index contributed by atoms with van der Waals surface area (Å²) in [7, 11) is 0. The number of azo groups is 1. The summed E-state index contributed by atoms with van der Waals surface area (Å²) in [4.78, 5) is 24.5. The highest BCUT2D eigenvalue weighted by Gasteiger charge is 2.15. The average Bonchev–Trinajstić information content (AvgIpc) is 2.74. The smallest absolute Gasteiger partial charge is 0.272 e. The second kappa shape index (κ2) is 11.0. The van der Waals surface area contributed by atoms with Gasteiger partial charge < -0.3 is 10.2 Å². The fourth-order valence-corrected chi connectivity index (χ4v) is 3.25. The average molecular weight is 473 g/mol. The molecule has 1 N–H and O–H groups in total. The van der Waals surface area contributed by atoms with Crippen molar-refractivity contribution < 1.29 is 9.72 Å². The van der Waals surface area contributed by atoms with Gasteiger partial charge in [-0.3, -0.25) is 14.9 Å². The molecule has 0 aliphatic heterocycles. The number of nitro benzene ring substituents is 1. The van der Waals surface area contributed by atoms with E-state index in [0.29, 0.717) is 6.54 Å². The zero-order valence-electron chi connectivity index (χ0n) is 16.6. The third-order valence-corrected chi connectivity index (χ3v) is 4.91. The van der Waals surface area contributed by atoms with Crippen LogP contribution in [0.15, 0.2) is 51.1 Å². The van der Waals surface area contributed by atoms with Gasteiger partial charge in [0, 0.05) is 49.6 Å². The number of halogens is 1. The fourth-order valence-electron chi connectivity index (χ4n) is 2.73. The maximum atomic E-state index is 12.0. The number of nitro groups is 1. The monoisotopic (exact) mass is 472 g/mol. The van der Waals surface area contributed by atoms with Crippen LogP contribution < -0.4 is 10.2 Å². The maximum absolute atomic E-state index is 12.0. The molecule has 2 aromatic carbocycles. The number of anilines is 2. The topological polar surface area (TPSA) is 124 Å². The van der Waals surface area contributed by atoms with Crippen molar-refractivity contribution in [3.8, 4) is 6.07 Å². The van der Waals surface area contributed by atoms with E-state index in [4.69, 9.17) is 0 Å². The highest BCUT2D eigenvalue weighted by atomic mass is 79.9. The summed E-state index contributed by atoms with van der Waals surface area (Å²) in [6, 6.07) is 12.1. The maximum Gasteiger partial charge on any atom is 0.272 e. The van der Waals surface area contributed by atoms with Crippen LogP contribution in [0.1, 0.15) is 25.8 Å². The highest BCUT2D eigenvalue weighted by molar-refractivity contribution is 9.10. The standard InChI is InChI=1S/C20H21BrN6O3/c1-3-26(4-2)16-7-5-15(6-8-16)23-10-9-19(28)24-25-20-14(13-22)11-17(27(29)30)12-18(20)21/h5-8,11-12,23H,3-4,9-10H2,1-2H3. The predicted octanol–water partition coefficient (Wildman–Crippen LogP) is 5.19. The summed E-state index contributed by atoms with van der Waals surface area (Å²) in [5, 5.41) is 30.6. The number of carbonyl (C=O) groups excluding carboxylic acids is 1. The Hall–Kier alpha value is -3.32. The third-order valence-electron chi connectivity index (χ3n) is 4.30. The lowest BCUT2D eigenvalue weighted by atomic mass is 10.2. The molecule has 1 amide bonds. The van der Waals surface area contributed by atoms with Gasteiger partial charge in [0.1, 0.15) is 11.8 Å². The molecule has 30 heavy (non-hydrogen) atoms. The first-order chi connectivity index (χ1) is 14.4. The summed E-state index contributed by atoms with van der Waals surface area (Å²) >= 11 is 3.13. The summed E-state index contributed by atoms with van der Waals surface area (Å²) in [6.45, 7) is 6.44. The minimum Gasteiger partial charge on any atom is -0.385 e. The van der Waals surface area contributed by atoms with Crippen LogP contribution >= 0.6 is 15.9 Å². The zero-order valence-corrected chi connectivity index (χ0v) is 18.2. The molecular formula is C20H21BrN6O3. The Kier molecular flexibility index (Phi) is 8.43. The molecule has 10 heteroatoms. The molecule has 0 atom stereocenters. The number of carbonyl (C=O) groups is 1. The fraction of sp³-hybridized carbons (Fsp3) is 0.300. The van der Waals surface area contributed by atoms with E-state index in [1.54, 1.807) is 0 Å². The van der Waals surface area contributed by atoms with Gasteiger partial charge in [-0.15, -0.1) is 10.2 Å². The molecule has 0 saturated carbocycles. The molecule has 0 aliphatic rings. The van der Waals surface area contributed by atoms with Crippen LogP contribution in [0.4, 0.5) is 22.7 Å². The Morgan fingerprint density at radius 3 is 2.50 bits per heavy atom. The van der Waals surface area contributed by atoms with Crippen molar-refractivity contribution >= 4 is 44.6 Å². The number of hydrogen-bond acceptors (Lipinski definition) is 7. The molecule has 0 aliphatic carbocycles. The SMILES string of the molecule is CCN(CC)c1ccc(NCCC(=O)N=Nc2c(Br)cc([N+](=O)[O-])cc2C#N)cc1. The third kappa shape index (κ3) is 6.09. The molecule has 0 heterocycles. The Labute approximate surface area is 182 Å². The van der Waals surface area contributed by atoms with E-state index >= 15 is 0 Å². The first-order valence-electron chi connectivity index (χ1n) is 9.31. The molecule has 0 saturated heterocycles. The number of nitrogens with one attached hydrogen (secondary N) is 1. The van der Waals surface area contributed by atoms with E-state index in [9.17, 15) is 20.2 Å². The molecule has 0 bridgehead atoms. The molecular weight excluding hydrogens is 452 g/mol. The second-order valence-corrected chi connectivity index (χ2v) is 7.04. The van der Waals surface area contributed by atoms with Crippen molar-refractivity contribution in [3.63, 3.8) is 0 Å². The van der Waals surface area contributed by atoms with Crippen LogP contribution in [0.25, 0.3) is 0 Å². The normalized spacial score (nSPS) is 10.6. The number of nitrogens with zero attached hydrogens (tertiary/aromatic N) is 5.